The highest BCUT2D eigenvalue weighted by atomic mass is 16.5. The van der Waals surface area contributed by atoms with Gasteiger partial charge in [0.05, 0.1) is 18.6 Å². The van der Waals surface area contributed by atoms with Crippen molar-refractivity contribution in [1.29, 1.82) is 0 Å². The summed E-state index contributed by atoms with van der Waals surface area (Å²) in [6.45, 7) is 3.95. The molecule has 1 amide bonds. The lowest BCUT2D eigenvalue weighted by molar-refractivity contribution is -0.151. The number of methoxy groups -OCH3 is 1. The standard InChI is InChI=1S/C23H27NO5/c1-4-16(2)21(18-8-6-5-7-9-18)23(27)29-15-20(25)24-14-17-10-12-19(13-11-17)22(26)28-3/h5-13,16,21H,4,14-15H2,1-3H3,(H,24,25). The molecule has 2 atom stereocenters. The lowest BCUT2D eigenvalue weighted by Gasteiger charge is -2.21. The molecule has 6 heteroatoms. The van der Waals surface area contributed by atoms with Gasteiger partial charge in [0.15, 0.2) is 6.61 Å². The molecule has 0 spiro atoms. The zero-order valence-corrected chi connectivity index (χ0v) is 17.0. The van der Waals surface area contributed by atoms with Gasteiger partial charge in [-0.25, -0.2) is 4.79 Å². The summed E-state index contributed by atoms with van der Waals surface area (Å²) in [6.07, 6.45) is 0.822. The predicted molar refractivity (Wildman–Crippen MR) is 109 cm³/mol. The van der Waals surface area contributed by atoms with Gasteiger partial charge in [-0.3, -0.25) is 9.59 Å². The summed E-state index contributed by atoms with van der Waals surface area (Å²) in [5, 5.41) is 2.71. The second-order valence-electron chi connectivity index (χ2n) is 6.85. The van der Waals surface area contributed by atoms with Crippen molar-refractivity contribution >= 4 is 17.8 Å². The Morgan fingerprint density at radius 3 is 2.24 bits per heavy atom. The van der Waals surface area contributed by atoms with E-state index in [-0.39, 0.29) is 25.0 Å². The molecule has 0 saturated heterocycles. The SMILES string of the molecule is CCC(C)C(C(=O)OCC(=O)NCc1ccc(C(=O)OC)cc1)c1ccccc1. The molecular formula is C23H27NO5. The molecule has 6 nitrogen and oxygen atoms in total. The predicted octanol–water partition coefficient (Wildman–Crippen LogP) is 3.46. The molecule has 0 fully saturated rings. The van der Waals surface area contributed by atoms with Crippen molar-refractivity contribution in [1.82, 2.24) is 5.32 Å². The van der Waals surface area contributed by atoms with Crippen LogP contribution in [-0.2, 0) is 25.6 Å². The molecule has 0 aromatic heterocycles. The Kier molecular flexibility index (Phi) is 8.40. The Hall–Kier alpha value is -3.15. The molecule has 0 saturated carbocycles. The number of benzene rings is 2. The molecule has 2 aromatic rings. The number of hydrogen-bond donors (Lipinski definition) is 1. The summed E-state index contributed by atoms with van der Waals surface area (Å²) in [5.74, 6) is -1.50. The van der Waals surface area contributed by atoms with Crippen molar-refractivity contribution < 1.29 is 23.9 Å². The van der Waals surface area contributed by atoms with Gasteiger partial charge in [0.1, 0.15) is 0 Å². The highest BCUT2D eigenvalue weighted by Crippen LogP contribution is 2.28. The first-order chi connectivity index (χ1) is 14.0. The van der Waals surface area contributed by atoms with Gasteiger partial charge >= 0.3 is 11.9 Å². The first kappa shape index (κ1) is 22.1. The number of carbonyl (C=O) groups is 3. The number of hydrogen-bond acceptors (Lipinski definition) is 5. The molecule has 0 radical (unpaired) electrons. The molecule has 154 valence electrons. The molecule has 0 bridgehead atoms. The minimum atomic E-state index is -0.415. The molecule has 0 aliphatic carbocycles. The molecule has 0 aliphatic heterocycles. The fourth-order valence-electron chi connectivity index (χ4n) is 2.95. The topological polar surface area (TPSA) is 81.7 Å². The number of carbonyl (C=O) groups excluding carboxylic acids is 3. The van der Waals surface area contributed by atoms with Gasteiger partial charge in [0.25, 0.3) is 5.91 Å². The normalized spacial score (nSPS) is 12.5. The summed E-state index contributed by atoms with van der Waals surface area (Å²) < 4.78 is 9.93. The Morgan fingerprint density at radius 1 is 1.00 bits per heavy atom. The maximum Gasteiger partial charge on any atom is 0.337 e. The van der Waals surface area contributed by atoms with E-state index in [2.05, 4.69) is 10.1 Å². The average Bonchev–Trinajstić information content (AvgIpc) is 2.76. The molecule has 2 unspecified atom stereocenters. The zero-order valence-electron chi connectivity index (χ0n) is 17.0. The van der Waals surface area contributed by atoms with Crippen LogP contribution in [0.25, 0.3) is 0 Å². The summed E-state index contributed by atoms with van der Waals surface area (Å²) in [6, 6.07) is 16.2. The van der Waals surface area contributed by atoms with Crippen LogP contribution in [0.1, 0.15) is 47.7 Å². The van der Waals surface area contributed by atoms with Crippen LogP contribution in [0, 0.1) is 5.92 Å². The quantitative estimate of drug-likeness (QED) is 0.656. The van der Waals surface area contributed by atoms with Gasteiger partial charge in [0.2, 0.25) is 0 Å². The highest BCUT2D eigenvalue weighted by Gasteiger charge is 2.27. The number of amides is 1. The van der Waals surface area contributed by atoms with Gasteiger partial charge in [-0.15, -0.1) is 0 Å². The highest BCUT2D eigenvalue weighted by molar-refractivity contribution is 5.89. The minimum Gasteiger partial charge on any atom is -0.465 e. The van der Waals surface area contributed by atoms with Crippen LogP contribution in [-0.4, -0.2) is 31.6 Å². The number of rotatable bonds is 9. The van der Waals surface area contributed by atoms with Crippen LogP contribution in [0.4, 0.5) is 0 Å². The van der Waals surface area contributed by atoms with E-state index in [9.17, 15) is 14.4 Å². The van der Waals surface area contributed by atoms with Crippen LogP contribution in [0.2, 0.25) is 0 Å². The number of ether oxygens (including phenoxy) is 2. The van der Waals surface area contributed by atoms with E-state index in [0.29, 0.717) is 5.56 Å². The average molecular weight is 397 g/mol. The monoisotopic (exact) mass is 397 g/mol. The maximum absolute atomic E-state index is 12.6. The Balaban J connectivity index is 1.87. The van der Waals surface area contributed by atoms with Gasteiger partial charge in [-0.1, -0.05) is 62.7 Å². The lowest BCUT2D eigenvalue weighted by Crippen LogP contribution is -2.30. The molecule has 2 rings (SSSR count). The van der Waals surface area contributed by atoms with Gasteiger partial charge < -0.3 is 14.8 Å². The summed E-state index contributed by atoms with van der Waals surface area (Å²) in [4.78, 5) is 36.1. The third kappa shape index (κ3) is 6.45. The van der Waals surface area contributed by atoms with Crippen molar-refractivity contribution in [2.75, 3.05) is 13.7 Å². The molecule has 29 heavy (non-hydrogen) atoms. The first-order valence-electron chi connectivity index (χ1n) is 9.61. The fourth-order valence-corrected chi connectivity index (χ4v) is 2.95. The lowest BCUT2D eigenvalue weighted by atomic mass is 9.86. The van der Waals surface area contributed by atoms with E-state index < -0.39 is 17.9 Å². The van der Waals surface area contributed by atoms with E-state index in [1.807, 2.05) is 44.2 Å². The van der Waals surface area contributed by atoms with E-state index in [1.54, 1.807) is 24.3 Å². The van der Waals surface area contributed by atoms with Crippen molar-refractivity contribution in [2.45, 2.75) is 32.7 Å². The van der Waals surface area contributed by atoms with E-state index in [0.717, 1.165) is 17.5 Å². The number of nitrogens with one attached hydrogen (secondary N) is 1. The maximum atomic E-state index is 12.6. The molecule has 1 N–H and O–H groups in total. The Bertz CT molecular complexity index is 817. The first-order valence-corrected chi connectivity index (χ1v) is 9.61. The van der Waals surface area contributed by atoms with Crippen LogP contribution in [0.15, 0.2) is 54.6 Å². The molecule has 2 aromatic carbocycles. The van der Waals surface area contributed by atoms with Crippen LogP contribution >= 0.6 is 0 Å². The van der Waals surface area contributed by atoms with Gasteiger partial charge in [-0.2, -0.15) is 0 Å². The minimum absolute atomic E-state index is 0.0984. The smallest absolute Gasteiger partial charge is 0.337 e. The van der Waals surface area contributed by atoms with Crippen molar-refractivity contribution in [3.05, 3.63) is 71.3 Å². The number of esters is 2. The van der Waals surface area contributed by atoms with E-state index in [4.69, 9.17) is 4.74 Å². The van der Waals surface area contributed by atoms with Crippen molar-refractivity contribution in [3.8, 4) is 0 Å². The molecular weight excluding hydrogens is 370 g/mol. The third-order valence-corrected chi connectivity index (χ3v) is 4.84. The zero-order chi connectivity index (χ0) is 21.2. The van der Waals surface area contributed by atoms with Gasteiger partial charge in [0, 0.05) is 6.54 Å². The Labute approximate surface area is 171 Å². The summed E-state index contributed by atoms with van der Waals surface area (Å²) >= 11 is 0. The van der Waals surface area contributed by atoms with Crippen LogP contribution in [0.3, 0.4) is 0 Å². The van der Waals surface area contributed by atoms with Crippen molar-refractivity contribution in [3.63, 3.8) is 0 Å². The van der Waals surface area contributed by atoms with Crippen LogP contribution < -0.4 is 5.32 Å². The fraction of sp³-hybridized carbons (Fsp3) is 0.348. The van der Waals surface area contributed by atoms with Crippen LogP contribution in [0.5, 0.6) is 0 Å². The third-order valence-electron chi connectivity index (χ3n) is 4.84. The second kappa shape index (κ2) is 11.0. The largest absolute Gasteiger partial charge is 0.465 e. The summed E-state index contributed by atoms with van der Waals surface area (Å²) in [7, 11) is 1.32. The molecule has 0 heterocycles. The second-order valence-corrected chi connectivity index (χ2v) is 6.85. The van der Waals surface area contributed by atoms with E-state index in [1.165, 1.54) is 7.11 Å². The van der Waals surface area contributed by atoms with Gasteiger partial charge in [-0.05, 0) is 29.2 Å². The summed E-state index contributed by atoms with van der Waals surface area (Å²) in [5.41, 5.74) is 2.14. The van der Waals surface area contributed by atoms with E-state index >= 15 is 0 Å². The van der Waals surface area contributed by atoms with Crippen molar-refractivity contribution in [2.24, 2.45) is 5.92 Å². The Morgan fingerprint density at radius 2 is 1.66 bits per heavy atom. The molecule has 0 aliphatic rings.